The van der Waals surface area contributed by atoms with Gasteiger partial charge in [-0.15, -0.1) is 11.3 Å². The molecule has 0 unspecified atom stereocenters. The number of carbonyl (C=O) groups excluding carboxylic acids is 1. The molecule has 0 saturated carbocycles. The Morgan fingerprint density at radius 1 is 1.17 bits per heavy atom. The summed E-state index contributed by atoms with van der Waals surface area (Å²) in [5, 5.41) is 7.29. The van der Waals surface area contributed by atoms with Crippen LogP contribution in [0.2, 0.25) is 5.02 Å². The molecule has 2 aromatic carbocycles. The number of fused-ring (bicyclic) bond motifs is 2. The lowest BCUT2D eigenvalue weighted by Crippen LogP contribution is -2.11. The summed E-state index contributed by atoms with van der Waals surface area (Å²) < 4.78 is 6.69. The zero-order valence-electron chi connectivity index (χ0n) is 11.9. The molecule has 1 radical (unpaired) electrons. The molecule has 0 saturated heterocycles. The number of furan rings is 1. The molecular formula is C18H11ClNO2S. The molecule has 4 aromatic rings. The average Bonchev–Trinajstić information content (AvgIpc) is 3.10. The van der Waals surface area contributed by atoms with E-state index >= 15 is 0 Å². The second-order valence-corrected chi connectivity index (χ2v) is 6.46. The maximum Gasteiger partial charge on any atom is 0.235 e. The van der Waals surface area contributed by atoms with Crippen LogP contribution in [0.25, 0.3) is 21.1 Å². The summed E-state index contributed by atoms with van der Waals surface area (Å²) in [5.74, 6) is 0.203. The van der Waals surface area contributed by atoms with Gasteiger partial charge in [0.1, 0.15) is 5.58 Å². The number of benzene rings is 2. The number of hydrogen-bond donors (Lipinski definition) is 1. The molecule has 0 spiro atoms. The first-order valence-corrected chi connectivity index (χ1v) is 8.26. The SMILES string of the molecule is O=C([CH]c1csc2ccc(Cl)cc12)Nc1cc2ccccc2o1. The van der Waals surface area contributed by atoms with E-state index in [1.54, 1.807) is 17.8 Å². The van der Waals surface area contributed by atoms with Crippen molar-refractivity contribution >= 4 is 55.8 Å². The third kappa shape index (κ3) is 2.83. The van der Waals surface area contributed by atoms with Crippen molar-refractivity contribution in [3.63, 3.8) is 0 Å². The topological polar surface area (TPSA) is 42.2 Å². The van der Waals surface area contributed by atoms with Gasteiger partial charge in [-0.25, -0.2) is 0 Å². The van der Waals surface area contributed by atoms with Crippen molar-refractivity contribution in [2.45, 2.75) is 0 Å². The summed E-state index contributed by atoms with van der Waals surface area (Å²) in [5.41, 5.74) is 1.59. The zero-order valence-corrected chi connectivity index (χ0v) is 13.4. The normalized spacial score (nSPS) is 11.2. The molecule has 0 bridgehead atoms. The zero-order chi connectivity index (χ0) is 15.8. The van der Waals surface area contributed by atoms with Crippen LogP contribution in [0.15, 0.2) is 58.3 Å². The van der Waals surface area contributed by atoms with Crippen molar-refractivity contribution in [1.82, 2.24) is 0 Å². The molecule has 3 nitrogen and oxygen atoms in total. The van der Waals surface area contributed by atoms with Crippen LogP contribution >= 0.6 is 22.9 Å². The van der Waals surface area contributed by atoms with E-state index < -0.39 is 0 Å². The number of thiophene rings is 1. The van der Waals surface area contributed by atoms with Crippen LogP contribution in [0.5, 0.6) is 0 Å². The van der Waals surface area contributed by atoms with Gasteiger partial charge in [-0.05, 0) is 40.6 Å². The summed E-state index contributed by atoms with van der Waals surface area (Å²) >= 11 is 7.62. The van der Waals surface area contributed by atoms with Gasteiger partial charge >= 0.3 is 0 Å². The number of hydrogen-bond acceptors (Lipinski definition) is 3. The number of nitrogens with one attached hydrogen (secondary N) is 1. The monoisotopic (exact) mass is 340 g/mol. The van der Waals surface area contributed by atoms with Crippen LogP contribution in [0.1, 0.15) is 5.56 Å². The summed E-state index contributed by atoms with van der Waals surface area (Å²) in [6.07, 6.45) is 1.56. The molecule has 5 heteroatoms. The lowest BCUT2D eigenvalue weighted by molar-refractivity contribution is -0.113. The molecule has 0 aliphatic carbocycles. The van der Waals surface area contributed by atoms with E-state index in [1.807, 2.05) is 53.9 Å². The molecule has 1 N–H and O–H groups in total. The highest BCUT2D eigenvalue weighted by Gasteiger charge is 2.12. The quantitative estimate of drug-likeness (QED) is 0.535. The Labute approximate surface area is 141 Å². The predicted molar refractivity (Wildman–Crippen MR) is 95.1 cm³/mol. The molecule has 2 aromatic heterocycles. The minimum atomic E-state index is -0.233. The molecule has 0 atom stereocenters. The first-order chi connectivity index (χ1) is 11.2. The minimum absolute atomic E-state index is 0.233. The molecule has 0 fully saturated rings. The van der Waals surface area contributed by atoms with E-state index in [2.05, 4.69) is 5.32 Å². The number of carbonyl (C=O) groups is 1. The number of amides is 1. The van der Waals surface area contributed by atoms with Crippen LogP contribution < -0.4 is 5.32 Å². The smallest absolute Gasteiger partial charge is 0.235 e. The largest absolute Gasteiger partial charge is 0.440 e. The molecule has 0 aliphatic rings. The average molecular weight is 341 g/mol. The van der Waals surface area contributed by atoms with Crippen molar-refractivity contribution in [1.29, 1.82) is 0 Å². The lowest BCUT2D eigenvalue weighted by Gasteiger charge is -2.01. The Bertz CT molecular complexity index is 985. The van der Waals surface area contributed by atoms with Crippen LogP contribution in [0.3, 0.4) is 0 Å². The summed E-state index contributed by atoms with van der Waals surface area (Å²) in [6, 6.07) is 15.1. The highest BCUT2D eigenvalue weighted by Crippen LogP contribution is 2.30. The summed E-state index contributed by atoms with van der Waals surface area (Å²) in [7, 11) is 0. The molecule has 113 valence electrons. The van der Waals surface area contributed by atoms with E-state index in [0.29, 0.717) is 10.9 Å². The Hall–Kier alpha value is -2.30. The van der Waals surface area contributed by atoms with Gasteiger partial charge in [0.2, 0.25) is 11.8 Å². The van der Waals surface area contributed by atoms with Crippen molar-refractivity contribution in [3.05, 3.63) is 70.9 Å². The summed E-state index contributed by atoms with van der Waals surface area (Å²) in [4.78, 5) is 12.2. The molecule has 4 rings (SSSR count). The Morgan fingerprint density at radius 3 is 2.91 bits per heavy atom. The van der Waals surface area contributed by atoms with E-state index in [4.69, 9.17) is 16.0 Å². The van der Waals surface area contributed by atoms with Crippen LogP contribution in [0, 0.1) is 6.42 Å². The lowest BCUT2D eigenvalue weighted by atomic mass is 10.1. The van der Waals surface area contributed by atoms with Gasteiger partial charge < -0.3 is 4.42 Å². The Balaban J connectivity index is 1.56. The number of halogens is 1. The highest BCUT2D eigenvalue weighted by molar-refractivity contribution is 7.17. The minimum Gasteiger partial charge on any atom is -0.440 e. The van der Waals surface area contributed by atoms with Gasteiger partial charge in [0.25, 0.3) is 0 Å². The first kappa shape index (κ1) is 14.3. The molecule has 0 aliphatic heterocycles. The number of para-hydroxylation sites is 1. The molecular weight excluding hydrogens is 330 g/mol. The third-order valence-corrected chi connectivity index (χ3v) is 4.74. The Morgan fingerprint density at radius 2 is 2.04 bits per heavy atom. The van der Waals surface area contributed by atoms with Crippen LogP contribution in [-0.4, -0.2) is 5.91 Å². The standard InChI is InChI=1S/C18H11ClNO2S/c19-13-5-6-16-14(9-13)12(10-23-16)7-17(21)20-18-8-11-3-1-2-4-15(11)22-18/h1-10H,(H,20,21). The summed E-state index contributed by atoms with van der Waals surface area (Å²) in [6.45, 7) is 0. The van der Waals surface area contributed by atoms with Crippen molar-refractivity contribution in [3.8, 4) is 0 Å². The third-order valence-electron chi connectivity index (χ3n) is 3.52. The van der Waals surface area contributed by atoms with Gasteiger partial charge in [0, 0.05) is 21.2 Å². The second kappa shape index (κ2) is 5.72. The van der Waals surface area contributed by atoms with Gasteiger partial charge in [-0.2, -0.15) is 0 Å². The van der Waals surface area contributed by atoms with Crippen molar-refractivity contribution in [2.24, 2.45) is 0 Å². The number of anilines is 1. The fourth-order valence-corrected chi connectivity index (χ4v) is 3.55. The Kier molecular flexibility index (Phi) is 3.56. The van der Waals surface area contributed by atoms with Crippen molar-refractivity contribution in [2.75, 3.05) is 5.32 Å². The fourth-order valence-electron chi connectivity index (χ4n) is 2.48. The molecule has 2 heterocycles. The molecule has 23 heavy (non-hydrogen) atoms. The molecule has 1 amide bonds. The van der Waals surface area contributed by atoms with Gasteiger partial charge in [-0.3, -0.25) is 10.1 Å². The fraction of sp³-hybridized carbons (Fsp3) is 0. The maximum absolute atomic E-state index is 12.2. The van der Waals surface area contributed by atoms with Crippen molar-refractivity contribution < 1.29 is 9.21 Å². The van der Waals surface area contributed by atoms with Gasteiger partial charge in [0.15, 0.2) is 0 Å². The highest BCUT2D eigenvalue weighted by atomic mass is 35.5. The van der Waals surface area contributed by atoms with E-state index in [-0.39, 0.29) is 5.91 Å². The van der Waals surface area contributed by atoms with E-state index in [1.165, 1.54) is 0 Å². The van der Waals surface area contributed by atoms with E-state index in [0.717, 1.165) is 26.6 Å². The van der Waals surface area contributed by atoms with Gasteiger partial charge in [0.05, 0.1) is 6.42 Å². The van der Waals surface area contributed by atoms with Crippen LogP contribution in [-0.2, 0) is 4.79 Å². The first-order valence-electron chi connectivity index (χ1n) is 7.00. The number of rotatable bonds is 3. The van der Waals surface area contributed by atoms with Crippen LogP contribution in [0.4, 0.5) is 5.88 Å². The van der Waals surface area contributed by atoms with E-state index in [9.17, 15) is 4.79 Å². The predicted octanol–water partition coefficient (Wildman–Crippen LogP) is 5.49. The van der Waals surface area contributed by atoms with Gasteiger partial charge in [-0.1, -0.05) is 29.8 Å². The second-order valence-electron chi connectivity index (χ2n) is 5.11. The maximum atomic E-state index is 12.2.